The van der Waals surface area contributed by atoms with Gasteiger partial charge >= 0.3 is 0 Å². The number of nitrogens with one attached hydrogen (secondary N) is 1. The van der Waals surface area contributed by atoms with Gasteiger partial charge < -0.3 is 14.6 Å². The maximum absolute atomic E-state index is 12.5. The first-order valence-electron chi connectivity index (χ1n) is 7.63. The molecule has 0 saturated carbocycles. The van der Waals surface area contributed by atoms with Crippen molar-refractivity contribution >= 4 is 11.6 Å². The van der Waals surface area contributed by atoms with Gasteiger partial charge in [0, 0.05) is 12.2 Å². The smallest absolute Gasteiger partial charge is 0.275 e. The summed E-state index contributed by atoms with van der Waals surface area (Å²) >= 11 is 0. The molecule has 0 fully saturated rings. The van der Waals surface area contributed by atoms with Gasteiger partial charge in [0.2, 0.25) is 0 Å². The van der Waals surface area contributed by atoms with Crippen molar-refractivity contribution in [2.45, 2.75) is 39.2 Å². The van der Waals surface area contributed by atoms with Gasteiger partial charge in [-0.25, -0.2) is 4.98 Å². The number of imidazole rings is 1. The summed E-state index contributed by atoms with van der Waals surface area (Å²) in [5.74, 6) is 0.510. The Kier molecular flexibility index (Phi) is 3.88. The molecule has 1 heterocycles. The summed E-state index contributed by atoms with van der Waals surface area (Å²) in [6.07, 6.45) is 6.61. The van der Waals surface area contributed by atoms with Crippen molar-refractivity contribution < 1.29 is 9.53 Å². The first-order chi connectivity index (χ1) is 10.6. The predicted molar refractivity (Wildman–Crippen MR) is 85.6 cm³/mol. The summed E-state index contributed by atoms with van der Waals surface area (Å²) in [6.45, 7) is 4.10. The van der Waals surface area contributed by atoms with Crippen molar-refractivity contribution in [3.63, 3.8) is 0 Å². The van der Waals surface area contributed by atoms with Gasteiger partial charge in [-0.1, -0.05) is 6.07 Å². The predicted octanol–water partition coefficient (Wildman–Crippen LogP) is 3.21. The fourth-order valence-corrected chi connectivity index (χ4v) is 2.87. The molecule has 5 nitrogen and oxygen atoms in total. The van der Waals surface area contributed by atoms with E-state index in [2.05, 4.69) is 30.2 Å². The zero-order valence-electron chi connectivity index (χ0n) is 13.2. The van der Waals surface area contributed by atoms with Gasteiger partial charge in [0.15, 0.2) is 0 Å². The SMILES string of the molecule is COc1ccc2c(c1NC(=O)c1cn(C(C)C)cn1)CCC2. The Morgan fingerprint density at radius 1 is 1.36 bits per heavy atom. The molecule has 1 aromatic carbocycles. The van der Waals surface area contributed by atoms with Crippen LogP contribution in [0.1, 0.15) is 47.9 Å². The minimum Gasteiger partial charge on any atom is -0.495 e. The van der Waals surface area contributed by atoms with Crippen LogP contribution in [0.2, 0.25) is 0 Å². The summed E-state index contributed by atoms with van der Waals surface area (Å²) < 4.78 is 7.33. The van der Waals surface area contributed by atoms with Crippen molar-refractivity contribution in [2.75, 3.05) is 12.4 Å². The fourth-order valence-electron chi connectivity index (χ4n) is 2.87. The summed E-state index contributed by atoms with van der Waals surface area (Å²) in [5.41, 5.74) is 3.70. The Hall–Kier alpha value is -2.30. The van der Waals surface area contributed by atoms with Crippen LogP contribution in [0.15, 0.2) is 24.7 Å². The Bertz CT molecular complexity index is 704. The molecule has 1 aliphatic rings. The van der Waals surface area contributed by atoms with E-state index in [0.717, 1.165) is 24.9 Å². The van der Waals surface area contributed by atoms with Crippen LogP contribution in [0.25, 0.3) is 0 Å². The zero-order valence-corrected chi connectivity index (χ0v) is 13.2. The second-order valence-corrected chi connectivity index (χ2v) is 5.89. The maximum atomic E-state index is 12.5. The van der Waals surface area contributed by atoms with Crippen LogP contribution in [0.3, 0.4) is 0 Å². The third kappa shape index (κ3) is 2.58. The van der Waals surface area contributed by atoms with Crippen molar-refractivity contribution in [1.29, 1.82) is 0 Å². The van der Waals surface area contributed by atoms with E-state index >= 15 is 0 Å². The molecule has 2 aromatic rings. The Morgan fingerprint density at radius 2 is 2.18 bits per heavy atom. The molecule has 0 unspecified atom stereocenters. The highest BCUT2D eigenvalue weighted by Crippen LogP contribution is 2.36. The minimum absolute atomic E-state index is 0.196. The van der Waals surface area contributed by atoms with E-state index < -0.39 is 0 Å². The number of anilines is 1. The molecular formula is C17H21N3O2. The summed E-state index contributed by atoms with van der Waals surface area (Å²) in [7, 11) is 1.62. The van der Waals surface area contributed by atoms with Crippen LogP contribution in [0.4, 0.5) is 5.69 Å². The Morgan fingerprint density at radius 3 is 2.86 bits per heavy atom. The lowest BCUT2D eigenvalue weighted by molar-refractivity contribution is 0.102. The molecule has 0 aliphatic heterocycles. The Balaban J connectivity index is 1.89. The van der Waals surface area contributed by atoms with Gasteiger partial charge in [-0.3, -0.25) is 4.79 Å². The van der Waals surface area contributed by atoms with Crippen LogP contribution in [0.5, 0.6) is 5.75 Å². The molecule has 0 radical (unpaired) electrons. The Labute approximate surface area is 130 Å². The van der Waals surface area contributed by atoms with Crippen molar-refractivity contribution in [3.8, 4) is 5.75 Å². The molecule has 1 aromatic heterocycles. The molecule has 5 heteroatoms. The van der Waals surface area contributed by atoms with Crippen LogP contribution in [0, 0.1) is 0 Å². The summed E-state index contributed by atoms with van der Waals surface area (Å²) in [6, 6.07) is 4.29. The lowest BCUT2D eigenvalue weighted by Crippen LogP contribution is -2.15. The number of amides is 1. The van der Waals surface area contributed by atoms with Gasteiger partial charge in [-0.15, -0.1) is 0 Å². The molecule has 0 spiro atoms. The van der Waals surface area contributed by atoms with E-state index in [1.807, 2.05) is 10.6 Å². The van der Waals surface area contributed by atoms with Crippen molar-refractivity contribution in [2.24, 2.45) is 0 Å². The highest BCUT2D eigenvalue weighted by Gasteiger charge is 2.21. The van der Waals surface area contributed by atoms with E-state index in [1.54, 1.807) is 19.6 Å². The number of methoxy groups -OCH3 is 1. The minimum atomic E-state index is -0.196. The van der Waals surface area contributed by atoms with Crippen molar-refractivity contribution in [1.82, 2.24) is 9.55 Å². The number of hydrogen-bond acceptors (Lipinski definition) is 3. The lowest BCUT2D eigenvalue weighted by Gasteiger charge is -2.14. The first kappa shape index (κ1) is 14.6. The maximum Gasteiger partial charge on any atom is 0.275 e. The van der Waals surface area contributed by atoms with Crippen molar-refractivity contribution in [3.05, 3.63) is 41.5 Å². The number of aromatic nitrogens is 2. The van der Waals surface area contributed by atoms with Gasteiger partial charge in [-0.05, 0) is 50.3 Å². The number of carbonyl (C=O) groups is 1. The number of hydrogen-bond donors (Lipinski definition) is 1. The second-order valence-electron chi connectivity index (χ2n) is 5.89. The quantitative estimate of drug-likeness (QED) is 0.943. The molecule has 0 atom stereocenters. The lowest BCUT2D eigenvalue weighted by atomic mass is 10.1. The number of fused-ring (bicyclic) bond motifs is 1. The zero-order chi connectivity index (χ0) is 15.7. The number of carbonyl (C=O) groups excluding carboxylic acids is 1. The van der Waals surface area contributed by atoms with Gasteiger partial charge in [-0.2, -0.15) is 0 Å². The third-order valence-corrected chi connectivity index (χ3v) is 4.13. The normalized spacial score (nSPS) is 13.3. The van der Waals surface area contributed by atoms with E-state index in [4.69, 9.17) is 4.74 Å². The van der Waals surface area contributed by atoms with Gasteiger partial charge in [0.1, 0.15) is 11.4 Å². The van der Waals surface area contributed by atoms with E-state index in [1.165, 1.54) is 11.1 Å². The number of rotatable bonds is 4. The third-order valence-electron chi connectivity index (χ3n) is 4.13. The number of nitrogens with zero attached hydrogens (tertiary/aromatic N) is 2. The monoisotopic (exact) mass is 299 g/mol. The molecule has 3 rings (SSSR count). The number of aryl methyl sites for hydroxylation is 1. The van der Waals surface area contributed by atoms with Crippen LogP contribution < -0.4 is 10.1 Å². The standard InChI is InChI=1S/C17H21N3O2/c1-11(2)20-9-14(18-10-20)17(21)19-16-13-6-4-5-12(13)7-8-15(16)22-3/h7-11H,4-6H2,1-3H3,(H,19,21). The molecular weight excluding hydrogens is 278 g/mol. The highest BCUT2D eigenvalue weighted by molar-refractivity contribution is 6.04. The van der Waals surface area contributed by atoms with E-state index in [9.17, 15) is 4.79 Å². The fraction of sp³-hybridized carbons (Fsp3) is 0.412. The van der Waals surface area contributed by atoms with E-state index in [-0.39, 0.29) is 11.9 Å². The molecule has 1 aliphatic carbocycles. The molecule has 0 saturated heterocycles. The summed E-state index contributed by atoms with van der Waals surface area (Å²) in [4.78, 5) is 16.7. The summed E-state index contributed by atoms with van der Waals surface area (Å²) in [5, 5.41) is 2.99. The van der Waals surface area contributed by atoms with Gasteiger partial charge in [0.05, 0.1) is 19.1 Å². The van der Waals surface area contributed by atoms with Gasteiger partial charge in [0.25, 0.3) is 5.91 Å². The van der Waals surface area contributed by atoms with Crippen LogP contribution in [-0.2, 0) is 12.8 Å². The largest absolute Gasteiger partial charge is 0.495 e. The average molecular weight is 299 g/mol. The number of benzene rings is 1. The topological polar surface area (TPSA) is 56.1 Å². The number of ether oxygens (including phenoxy) is 1. The van der Waals surface area contributed by atoms with E-state index in [0.29, 0.717) is 11.4 Å². The van der Waals surface area contributed by atoms with Crippen LogP contribution >= 0.6 is 0 Å². The average Bonchev–Trinajstić information content (AvgIpc) is 3.16. The highest BCUT2D eigenvalue weighted by atomic mass is 16.5. The molecule has 116 valence electrons. The first-order valence-corrected chi connectivity index (χ1v) is 7.63. The molecule has 0 bridgehead atoms. The molecule has 22 heavy (non-hydrogen) atoms. The second kappa shape index (κ2) is 5.83. The van der Waals surface area contributed by atoms with Crippen LogP contribution in [-0.4, -0.2) is 22.6 Å². The molecule has 1 amide bonds. The molecule has 1 N–H and O–H groups in total.